The molecule has 0 aliphatic heterocycles. The van der Waals surface area contributed by atoms with Gasteiger partial charge in [0.2, 0.25) is 0 Å². The van der Waals surface area contributed by atoms with Gasteiger partial charge in [-0.15, -0.1) is 0 Å². The van der Waals surface area contributed by atoms with Crippen LogP contribution in [-0.2, 0) is 13.1 Å². The van der Waals surface area contributed by atoms with E-state index in [0.717, 1.165) is 42.5 Å². The van der Waals surface area contributed by atoms with Crippen LogP contribution in [0.1, 0.15) is 30.0 Å². The van der Waals surface area contributed by atoms with Gasteiger partial charge in [0, 0.05) is 23.7 Å². The second-order valence-electron chi connectivity index (χ2n) is 5.19. The molecule has 0 spiro atoms. The first-order chi connectivity index (χ1) is 10.2. The molecule has 0 heterocycles. The quantitative estimate of drug-likeness (QED) is 0.798. The number of halogens is 1. The standard InChI is InChI=1S/C18H22ClNO/c1-3-10-21-18-9-8-17(19)11-16(18)13-20-12-15-6-4-14(2)5-7-15/h4-9,11,20H,3,10,12-13H2,1-2H3. The smallest absolute Gasteiger partial charge is 0.123 e. The lowest BCUT2D eigenvalue weighted by Gasteiger charge is -2.12. The number of hydrogen-bond donors (Lipinski definition) is 1. The molecule has 0 unspecified atom stereocenters. The Balaban J connectivity index is 1.95. The van der Waals surface area contributed by atoms with Crippen LogP contribution in [-0.4, -0.2) is 6.61 Å². The number of ether oxygens (including phenoxy) is 1. The third-order valence-corrected chi connectivity index (χ3v) is 3.48. The molecular weight excluding hydrogens is 282 g/mol. The predicted octanol–water partition coefficient (Wildman–Crippen LogP) is 4.73. The first-order valence-corrected chi connectivity index (χ1v) is 7.74. The van der Waals surface area contributed by atoms with E-state index in [9.17, 15) is 0 Å². The molecule has 1 N–H and O–H groups in total. The molecule has 0 fully saturated rings. The maximum atomic E-state index is 6.08. The molecule has 2 nitrogen and oxygen atoms in total. The van der Waals surface area contributed by atoms with E-state index in [1.54, 1.807) is 0 Å². The third kappa shape index (κ3) is 5.07. The predicted molar refractivity (Wildman–Crippen MR) is 89.0 cm³/mol. The fourth-order valence-corrected chi connectivity index (χ4v) is 2.28. The van der Waals surface area contributed by atoms with Crippen LogP contribution in [0.3, 0.4) is 0 Å². The van der Waals surface area contributed by atoms with Crippen molar-refractivity contribution in [2.45, 2.75) is 33.4 Å². The summed E-state index contributed by atoms with van der Waals surface area (Å²) in [5.41, 5.74) is 3.66. The Kier molecular flexibility index (Phi) is 6.09. The number of aryl methyl sites for hydroxylation is 1. The molecule has 0 amide bonds. The Morgan fingerprint density at radius 3 is 2.52 bits per heavy atom. The van der Waals surface area contributed by atoms with E-state index in [1.165, 1.54) is 11.1 Å². The fraction of sp³-hybridized carbons (Fsp3) is 0.333. The summed E-state index contributed by atoms with van der Waals surface area (Å²) in [6, 6.07) is 14.3. The van der Waals surface area contributed by atoms with Crippen LogP contribution < -0.4 is 10.1 Å². The lowest BCUT2D eigenvalue weighted by molar-refractivity contribution is 0.313. The van der Waals surface area contributed by atoms with Crippen molar-refractivity contribution in [1.29, 1.82) is 0 Å². The van der Waals surface area contributed by atoms with Gasteiger partial charge in [0.05, 0.1) is 6.61 Å². The molecule has 0 aliphatic carbocycles. The maximum absolute atomic E-state index is 6.08. The van der Waals surface area contributed by atoms with Crippen LogP contribution in [0.5, 0.6) is 5.75 Å². The lowest BCUT2D eigenvalue weighted by atomic mass is 10.1. The normalized spacial score (nSPS) is 10.6. The van der Waals surface area contributed by atoms with Gasteiger partial charge in [-0.2, -0.15) is 0 Å². The topological polar surface area (TPSA) is 21.3 Å². The summed E-state index contributed by atoms with van der Waals surface area (Å²) >= 11 is 6.08. The second-order valence-corrected chi connectivity index (χ2v) is 5.63. The van der Waals surface area contributed by atoms with E-state index in [4.69, 9.17) is 16.3 Å². The average molecular weight is 304 g/mol. The molecular formula is C18H22ClNO. The zero-order valence-corrected chi connectivity index (χ0v) is 13.4. The summed E-state index contributed by atoms with van der Waals surface area (Å²) < 4.78 is 5.76. The Labute approximate surface area is 132 Å². The van der Waals surface area contributed by atoms with Crippen LogP contribution >= 0.6 is 11.6 Å². The van der Waals surface area contributed by atoms with Crippen molar-refractivity contribution in [3.8, 4) is 5.75 Å². The molecule has 0 atom stereocenters. The molecule has 0 bridgehead atoms. The van der Waals surface area contributed by atoms with E-state index >= 15 is 0 Å². The summed E-state index contributed by atoms with van der Waals surface area (Å²) in [4.78, 5) is 0. The van der Waals surface area contributed by atoms with E-state index < -0.39 is 0 Å². The molecule has 0 saturated heterocycles. The summed E-state index contributed by atoms with van der Waals surface area (Å²) in [6.45, 7) is 6.51. The van der Waals surface area contributed by atoms with Crippen LogP contribution in [0.25, 0.3) is 0 Å². The highest BCUT2D eigenvalue weighted by Crippen LogP contribution is 2.23. The summed E-state index contributed by atoms with van der Waals surface area (Å²) in [5, 5.41) is 4.18. The minimum absolute atomic E-state index is 0.729. The SMILES string of the molecule is CCCOc1ccc(Cl)cc1CNCc1ccc(C)cc1. The Bertz CT molecular complexity index is 566. The Morgan fingerprint density at radius 2 is 1.81 bits per heavy atom. The highest BCUT2D eigenvalue weighted by atomic mass is 35.5. The number of hydrogen-bond acceptors (Lipinski definition) is 2. The zero-order valence-electron chi connectivity index (χ0n) is 12.7. The average Bonchev–Trinajstić information content (AvgIpc) is 2.48. The van der Waals surface area contributed by atoms with Gasteiger partial charge in [0.15, 0.2) is 0 Å². The zero-order chi connectivity index (χ0) is 15.1. The van der Waals surface area contributed by atoms with E-state index in [2.05, 4.69) is 43.4 Å². The molecule has 0 aliphatic rings. The largest absolute Gasteiger partial charge is 0.493 e. The van der Waals surface area contributed by atoms with Crippen LogP contribution in [0.2, 0.25) is 5.02 Å². The van der Waals surface area contributed by atoms with Crippen LogP contribution in [0, 0.1) is 6.92 Å². The Morgan fingerprint density at radius 1 is 1.05 bits per heavy atom. The molecule has 0 radical (unpaired) electrons. The van der Waals surface area contributed by atoms with Crippen molar-refractivity contribution >= 4 is 11.6 Å². The highest BCUT2D eigenvalue weighted by molar-refractivity contribution is 6.30. The second kappa shape index (κ2) is 8.06. The van der Waals surface area contributed by atoms with Gasteiger partial charge in [-0.25, -0.2) is 0 Å². The van der Waals surface area contributed by atoms with Gasteiger partial charge in [0.1, 0.15) is 5.75 Å². The maximum Gasteiger partial charge on any atom is 0.123 e. The summed E-state index contributed by atoms with van der Waals surface area (Å²) in [7, 11) is 0. The minimum atomic E-state index is 0.729. The third-order valence-electron chi connectivity index (χ3n) is 3.25. The first-order valence-electron chi connectivity index (χ1n) is 7.36. The van der Waals surface area contributed by atoms with Crippen molar-refractivity contribution in [2.24, 2.45) is 0 Å². The van der Waals surface area contributed by atoms with Crippen molar-refractivity contribution in [2.75, 3.05) is 6.61 Å². The van der Waals surface area contributed by atoms with Crippen LogP contribution in [0.4, 0.5) is 0 Å². The van der Waals surface area contributed by atoms with Gasteiger partial charge in [0.25, 0.3) is 0 Å². The molecule has 2 aromatic carbocycles. The molecule has 0 saturated carbocycles. The van der Waals surface area contributed by atoms with Gasteiger partial charge in [-0.1, -0.05) is 48.4 Å². The number of rotatable bonds is 7. The van der Waals surface area contributed by atoms with E-state index in [0.29, 0.717) is 0 Å². The van der Waals surface area contributed by atoms with Gasteiger partial charge >= 0.3 is 0 Å². The van der Waals surface area contributed by atoms with Gasteiger partial charge < -0.3 is 10.1 Å². The Hall–Kier alpha value is -1.51. The van der Waals surface area contributed by atoms with Gasteiger partial charge in [-0.05, 0) is 37.1 Å². The van der Waals surface area contributed by atoms with E-state index in [-0.39, 0.29) is 0 Å². The molecule has 3 heteroatoms. The fourth-order valence-electron chi connectivity index (χ4n) is 2.09. The molecule has 112 valence electrons. The van der Waals surface area contributed by atoms with E-state index in [1.807, 2.05) is 18.2 Å². The molecule has 2 aromatic rings. The molecule has 0 aromatic heterocycles. The first kappa shape index (κ1) is 15.9. The lowest BCUT2D eigenvalue weighted by Crippen LogP contribution is -2.13. The van der Waals surface area contributed by atoms with Gasteiger partial charge in [-0.3, -0.25) is 0 Å². The van der Waals surface area contributed by atoms with Crippen molar-refractivity contribution < 1.29 is 4.74 Å². The van der Waals surface area contributed by atoms with Crippen molar-refractivity contribution in [1.82, 2.24) is 5.32 Å². The number of nitrogens with one attached hydrogen (secondary N) is 1. The van der Waals surface area contributed by atoms with Crippen LogP contribution in [0.15, 0.2) is 42.5 Å². The monoisotopic (exact) mass is 303 g/mol. The highest BCUT2D eigenvalue weighted by Gasteiger charge is 2.04. The minimum Gasteiger partial charge on any atom is -0.493 e. The number of benzene rings is 2. The molecule has 2 rings (SSSR count). The molecule has 21 heavy (non-hydrogen) atoms. The van der Waals surface area contributed by atoms with Crippen molar-refractivity contribution in [3.05, 3.63) is 64.2 Å². The van der Waals surface area contributed by atoms with Crippen molar-refractivity contribution in [3.63, 3.8) is 0 Å². The summed E-state index contributed by atoms with van der Waals surface area (Å²) in [6.07, 6.45) is 0.999. The summed E-state index contributed by atoms with van der Waals surface area (Å²) in [5.74, 6) is 0.914.